The lowest BCUT2D eigenvalue weighted by Gasteiger charge is -2.16. The molecule has 0 bridgehead atoms. The third kappa shape index (κ3) is 2.79. The first kappa shape index (κ1) is 11.5. The minimum absolute atomic E-state index is 0.0487. The van der Waals surface area contributed by atoms with Crippen LogP contribution in [-0.2, 0) is 6.54 Å². The van der Waals surface area contributed by atoms with E-state index in [9.17, 15) is 4.79 Å². The number of carbonyl (C=O) groups is 1. The number of anilines is 1. The number of aromatic carboxylic acids is 1. The predicted molar refractivity (Wildman–Crippen MR) is 65.4 cm³/mol. The van der Waals surface area contributed by atoms with Gasteiger partial charge in [-0.05, 0) is 12.1 Å². The Hall–Kier alpha value is -1.95. The van der Waals surface area contributed by atoms with Gasteiger partial charge in [-0.1, -0.05) is 6.07 Å². The van der Waals surface area contributed by atoms with Crippen LogP contribution in [0.5, 0.6) is 0 Å². The Morgan fingerprint density at radius 2 is 2.35 bits per heavy atom. The van der Waals surface area contributed by atoms with E-state index in [4.69, 9.17) is 5.11 Å². The summed E-state index contributed by atoms with van der Waals surface area (Å²) in [6.45, 7) is 0.611. The highest BCUT2D eigenvalue weighted by Gasteiger charge is 2.09. The van der Waals surface area contributed by atoms with Crippen LogP contribution in [0.2, 0.25) is 0 Å². The van der Waals surface area contributed by atoms with Gasteiger partial charge >= 0.3 is 5.97 Å². The van der Waals surface area contributed by atoms with Gasteiger partial charge in [-0.2, -0.15) is 0 Å². The molecule has 0 aliphatic rings. The zero-order valence-corrected chi connectivity index (χ0v) is 10.0. The topological polar surface area (TPSA) is 66.3 Å². The van der Waals surface area contributed by atoms with Gasteiger partial charge in [0, 0.05) is 12.4 Å². The highest BCUT2D eigenvalue weighted by molar-refractivity contribution is 7.07. The molecular weight excluding hydrogens is 238 g/mol. The van der Waals surface area contributed by atoms with E-state index in [1.54, 1.807) is 17.6 Å². The lowest BCUT2D eigenvalue weighted by atomic mass is 10.3. The predicted octanol–water partition coefficient (Wildman–Crippen LogP) is 1.87. The van der Waals surface area contributed by atoms with Crippen LogP contribution in [0.1, 0.15) is 16.2 Å². The molecule has 0 aromatic carbocycles. The molecule has 2 rings (SSSR count). The molecule has 0 atom stereocenters. The van der Waals surface area contributed by atoms with E-state index in [0.29, 0.717) is 12.4 Å². The number of pyridine rings is 1. The van der Waals surface area contributed by atoms with Gasteiger partial charge < -0.3 is 10.0 Å². The molecule has 2 heterocycles. The van der Waals surface area contributed by atoms with Gasteiger partial charge in [0.05, 0.1) is 17.7 Å². The number of aromatic nitrogens is 2. The van der Waals surface area contributed by atoms with Crippen LogP contribution in [0.4, 0.5) is 5.82 Å². The van der Waals surface area contributed by atoms with Gasteiger partial charge in [0.15, 0.2) is 5.69 Å². The van der Waals surface area contributed by atoms with Crippen LogP contribution in [0.25, 0.3) is 0 Å². The summed E-state index contributed by atoms with van der Waals surface area (Å²) < 4.78 is 0. The summed E-state index contributed by atoms with van der Waals surface area (Å²) in [5, 5.41) is 10.8. The van der Waals surface area contributed by atoms with Crippen molar-refractivity contribution in [3.8, 4) is 0 Å². The molecular formula is C11H11N3O2S. The molecule has 0 aliphatic heterocycles. The minimum Gasteiger partial charge on any atom is -0.477 e. The molecule has 5 nitrogen and oxygen atoms in total. The van der Waals surface area contributed by atoms with Gasteiger partial charge in [0.1, 0.15) is 5.82 Å². The second kappa shape index (κ2) is 4.92. The maximum Gasteiger partial charge on any atom is 0.354 e. The zero-order valence-electron chi connectivity index (χ0n) is 9.20. The lowest BCUT2D eigenvalue weighted by Crippen LogP contribution is -2.18. The number of hydrogen-bond acceptors (Lipinski definition) is 5. The lowest BCUT2D eigenvalue weighted by molar-refractivity contribution is 0.0690. The van der Waals surface area contributed by atoms with E-state index in [1.165, 1.54) is 17.4 Å². The number of rotatable bonds is 4. The average Bonchev–Trinajstić information content (AvgIpc) is 2.82. The summed E-state index contributed by atoms with van der Waals surface area (Å²) in [6, 6.07) is 4.94. The van der Waals surface area contributed by atoms with Crippen molar-refractivity contribution in [3.63, 3.8) is 0 Å². The molecule has 0 spiro atoms. The first-order valence-electron chi connectivity index (χ1n) is 4.95. The Bertz CT molecular complexity index is 513. The highest BCUT2D eigenvalue weighted by atomic mass is 32.1. The maximum atomic E-state index is 10.8. The number of carboxylic acids is 1. The van der Waals surface area contributed by atoms with E-state index in [2.05, 4.69) is 9.97 Å². The molecule has 0 unspecified atom stereocenters. The van der Waals surface area contributed by atoms with Crippen LogP contribution >= 0.6 is 11.3 Å². The summed E-state index contributed by atoms with van der Waals surface area (Å²) in [7, 11) is 1.85. The monoisotopic (exact) mass is 249 g/mol. The van der Waals surface area contributed by atoms with Crippen molar-refractivity contribution in [1.29, 1.82) is 0 Å². The van der Waals surface area contributed by atoms with E-state index in [1.807, 2.05) is 17.3 Å². The number of nitrogens with zero attached hydrogens (tertiary/aromatic N) is 3. The maximum absolute atomic E-state index is 10.8. The molecule has 6 heteroatoms. The van der Waals surface area contributed by atoms with Gasteiger partial charge in [-0.25, -0.2) is 14.8 Å². The van der Waals surface area contributed by atoms with Crippen LogP contribution in [-0.4, -0.2) is 28.1 Å². The molecule has 2 aromatic rings. The van der Waals surface area contributed by atoms with E-state index < -0.39 is 5.97 Å². The van der Waals surface area contributed by atoms with Crippen molar-refractivity contribution >= 4 is 23.1 Å². The Balaban J connectivity index is 2.16. The molecule has 0 aliphatic carbocycles. The summed E-state index contributed by atoms with van der Waals surface area (Å²) in [5.41, 5.74) is 2.76. The zero-order chi connectivity index (χ0) is 12.3. The Morgan fingerprint density at radius 3 is 3.00 bits per heavy atom. The molecule has 0 amide bonds. The first-order valence-corrected chi connectivity index (χ1v) is 5.89. The fourth-order valence-corrected chi connectivity index (χ4v) is 1.94. The summed E-state index contributed by atoms with van der Waals surface area (Å²) >= 11 is 1.53. The third-order valence-corrected chi connectivity index (χ3v) is 2.86. The van der Waals surface area contributed by atoms with Crippen molar-refractivity contribution in [3.05, 3.63) is 40.5 Å². The second-order valence-corrected chi connectivity index (χ2v) is 4.24. The number of thiazole rings is 1. The van der Waals surface area contributed by atoms with Crippen LogP contribution in [0, 0.1) is 0 Å². The quantitative estimate of drug-likeness (QED) is 0.896. The fraction of sp³-hybridized carbons (Fsp3) is 0.182. The van der Waals surface area contributed by atoms with Crippen molar-refractivity contribution in [2.24, 2.45) is 0 Å². The van der Waals surface area contributed by atoms with E-state index >= 15 is 0 Å². The van der Waals surface area contributed by atoms with Gasteiger partial charge in [-0.3, -0.25) is 0 Å². The van der Waals surface area contributed by atoms with Gasteiger partial charge in [-0.15, -0.1) is 11.3 Å². The standard InChI is InChI=1S/C11H11N3O2S/c1-14(5-8-6-17-7-12-8)10-4-2-3-9(13-10)11(15)16/h2-4,6-7H,5H2,1H3,(H,15,16). The molecule has 1 N–H and O–H groups in total. The van der Waals surface area contributed by atoms with Crippen LogP contribution < -0.4 is 4.90 Å². The SMILES string of the molecule is CN(Cc1cscn1)c1cccc(C(=O)O)n1. The average molecular weight is 249 g/mol. The minimum atomic E-state index is -1.02. The van der Waals surface area contributed by atoms with Crippen molar-refractivity contribution in [2.45, 2.75) is 6.54 Å². The fourth-order valence-electron chi connectivity index (χ4n) is 1.39. The smallest absolute Gasteiger partial charge is 0.354 e. The molecule has 17 heavy (non-hydrogen) atoms. The van der Waals surface area contributed by atoms with Crippen molar-refractivity contribution in [2.75, 3.05) is 11.9 Å². The van der Waals surface area contributed by atoms with E-state index in [0.717, 1.165) is 5.69 Å². The summed E-state index contributed by atoms with van der Waals surface area (Å²) in [4.78, 5) is 20.9. The third-order valence-electron chi connectivity index (χ3n) is 2.23. The summed E-state index contributed by atoms with van der Waals surface area (Å²) in [6.07, 6.45) is 0. The Labute approximate surface area is 102 Å². The molecule has 0 saturated heterocycles. The highest BCUT2D eigenvalue weighted by Crippen LogP contribution is 2.13. The molecule has 2 aromatic heterocycles. The molecule has 0 fully saturated rings. The first-order chi connectivity index (χ1) is 8.16. The summed E-state index contributed by atoms with van der Waals surface area (Å²) in [5.74, 6) is -0.396. The number of carboxylic acid groups (broad SMARTS) is 1. The van der Waals surface area contributed by atoms with Gasteiger partial charge in [0.25, 0.3) is 0 Å². The van der Waals surface area contributed by atoms with Crippen LogP contribution in [0.15, 0.2) is 29.1 Å². The Kier molecular flexibility index (Phi) is 3.34. The molecule has 0 saturated carbocycles. The van der Waals surface area contributed by atoms with Crippen LogP contribution in [0.3, 0.4) is 0 Å². The van der Waals surface area contributed by atoms with Crippen molar-refractivity contribution in [1.82, 2.24) is 9.97 Å². The van der Waals surface area contributed by atoms with Gasteiger partial charge in [0.2, 0.25) is 0 Å². The normalized spacial score (nSPS) is 10.2. The number of hydrogen-bond donors (Lipinski definition) is 1. The van der Waals surface area contributed by atoms with E-state index in [-0.39, 0.29) is 5.69 Å². The largest absolute Gasteiger partial charge is 0.477 e. The van der Waals surface area contributed by atoms with Crippen molar-refractivity contribution < 1.29 is 9.90 Å². The Morgan fingerprint density at radius 1 is 1.53 bits per heavy atom. The second-order valence-electron chi connectivity index (χ2n) is 3.52. The molecule has 88 valence electrons. The molecule has 0 radical (unpaired) electrons.